The Morgan fingerprint density at radius 1 is 1.06 bits per heavy atom. The molecule has 3 heterocycles. The number of urea groups is 1. The van der Waals surface area contributed by atoms with Gasteiger partial charge in [0.2, 0.25) is 0 Å². The number of ether oxygens (including phenoxy) is 1. The zero-order valence-corrected chi connectivity index (χ0v) is 20.4. The molecule has 0 aliphatic carbocycles. The minimum atomic E-state index is 0.131. The first-order valence-corrected chi connectivity index (χ1v) is 12.2. The predicted molar refractivity (Wildman–Crippen MR) is 134 cm³/mol. The number of benzene rings is 2. The quantitative estimate of drug-likeness (QED) is 0.533. The van der Waals surface area contributed by atoms with Crippen LogP contribution in [-0.4, -0.2) is 65.2 Å². The Morgan fingerprint density at radius 2 is 1.82 bits per heavy atom. The van der Waals surface area contributed by atoms with Crippen LogP contribution in [0.5, 0.6) is 5.75 Å². The van der Waals surface area contributed by atoms with E-state index in [1.54, 1.807) is 13.4 Å². The molecule has 0 bridgehead atoms. The molecule has 2 aliphatic rings. The van der Waals surface area contributed by atoms with E-state index in [0.29, 0.717) is 13.1 Å². The number of aryl methyl sites for hydroxylation is 1. The molecule has 7 nitrogen and oxygen atoms in total. The molecule has 0 saturated carbocycles. The predicted octanol–water partition coefficient (Wildman–Crippen LogP) is 4.92. The molecule has 2 fully saturated rings. The number of rotatable bonds is 4. The number of halogens is 1. The molecular weight excluding hydrogens is 450 g/mol. The molecule has 1 unspecified atom stereocenters. The van der Waals surface area contributed by atoms with Crippen LogP contribution in [0.25, 0.3) is 5.69 Å². The summed E-state index contributed by atoms with van der Waals surface area (Å²) in [7, 11) is 1.69. The molecule has 8 heteroatoms. The maximum Gasteiger partial charge on any atom is 0.320 e. The summed E-state index contributed by atoms with van der Waals surface area (Å²) in [6.45, 7) is 5.76. The fourth-order valence-electron chi connectivity index (χ4n) is 4.99. The Balaban J connectivity index is 1.24. The van der Waals surface area contributed by atoms with Gasteiger partial charge in [-0.2, -0.15) is 0 Å². The van der Waals surface area contributed by atoms with Gasteiger partial charge in [-0.25, -0.2) is 9.78 Å². The largest absolute Gasteiger partial charge is 0.494 e. The summed E-state index contributed by atoms with van der Waals surface area (Å²) in [5.41, 5.74) is 4.19. The van der Waals surface area contributed by atoms with Crippen LogP contribution in [0.15, 0.2) is 55.0 Å². The summed E-state index contributed by atoms with van der Waals surface area (Å²) >= 11 is 6.06. The van der Waals surface area contributed by atoms with E-state index in [2.05, 4.69) is 28.1 Å². The zero-order chi connectivity index (χ0) is 23.7. The number of amides is 2. The SMILES string of the molecule is COc1cc(N2CCN(C(=O)N3CCCC3c3ccc(Cl)cc3)CC2)ccc1-n1cnc(C)c1. The van der Waals surface area contributed by atoms with Gasteiger partial charge in [0, 0.05) is 55.7 Å². The van der Waals surface area contributed by atoms with Crippen molar-refractivity contribution in [2.75, 3.05) is 44.7 Å². The number of nitrogens with zero attached hydrogens (tertiary/aromatic N) is 5. The van der Waals surface area contributed by atoms with E-state index in [-0.39, 0.29) is 12.1 Å². The van der Waals surface area contributed by atoms with Crippen molar-refractivity contribution in [3.63, 3.8) is 0 Å². The molecule has 0 radical (unpaired) electrons. The average molecular weight is 480 g/mol. The van der Waals surface area contributed by atoms with Gasteiger partial charge in [0.1, 0.15) is 5.75 Å². The van der Waals surface area contributed by atoms with E-state index in [1.807, 2.05) is 51.8 Å². The van der Waals surface area contributed by atoms with Gasteiger partial charge >= 0.3 is 6.03 Å². The smallest absolute Gasteiger partial charge is 0.320 e. The van der Waals surface area contributed by atoms with E-state index < -0.39 is 0 Å². The van der Waals surface area contributed by atoms with Crippen molar-refractivity contribution in [1.29, 1.82) is 0 Å². The molecule has 1 aromatic heterocycles. The minimum absolute atomic E-state index is 0.131. The molecule has 2 aromatic carbocycles. The number of anilines is 1. The van der Waals surface area contributed by atoms with Crippen LogP contribution >= 0.6 is 11.6 Å². The second-order valence-electron chi connectivity index (χ2n) is 8.94. The van der Waals surface area contributed by atoms with Crippen molar-refractivity contribution < 1.29 is 9.53 Å². The van der Waals surface area contributed by atoms with Crippen molar-refractivity contribution in [3.8, 4) is 11.4 Å². The highest BCUT2D eigenvalue weighted by Gasteiger charge is 2.34. The zero-order valence-electron chi connectivity index (χ0n) is 19.7. The van der Waals surface area contributed by atoms with Gasteiger partial charge in [-0.15, -0.1) is 0 Å². The number of hydrogen-bond acceptors (Lipinski definition) is 4. The second kappa shape index (κ2) is 9.58. The van der Waals surface area contributed by atoms with Crippen LogP contribution in [0, 0.1) is 6.92 Å². The third-order valence-corrected chi connectivity index (χ3v) is 7.07. The van der Waals surface area contributed by atoms with E-state index in [4.69, 9.17) is 16.3 Å². The molecule has 34 heavy (non-hydrogen) atoms. The normalized spacial score (nSPS) is 18.4. The third-order valence-electron chi connectivity index (χ3n) is 6.82. The van der Waals surface area contributed by atoms with Gasteiger partial charge in [-0.1, -0.05) is 23.7 Å². The molecule has 178 valence electrons. The maximum atomic E-state index is 13.4. The van der Waals surface area contributed by atoms with Gasteiger partial charge in [0.25, 0.3) is 0 Å². The first-order valence-electron chi connectivity index (χ1n) is 11.8. The van der Waals surface area contributed by atoms with Gasteiger partial charge in [0.05, 0.1) is 30.9 Å². The fraction of sp³-hybridized carbons (Fsp3) is 0.385. The Bertz CT molecular complexity index is 1150. The highest BCUT2D eigenvalue weighted by molar-refractivity contribution is 6.30. The standard InChI is InChI=1S/C26H30ClN5O2/c1-19-17-31(18-28-19)24-10-9-22(16-25(24)34-2)29-12-14-30(15-13-29)26(33)32-11-3-4-23(32)20-5-7-21(27)8-6-20/h5-10,16-18,23H,3-4,11-15H2,1-2H3. The van der Waals surface area contributed by atoms with E-state index in [1.165, 1.54) is 0 Å². The van der Waals surface area contributed by atoms with Crippen LogP contribution < -0.4 is 9.64 Å². The topological polar surface area (TPSA) is 53.8 Å². The lowest BCUT2D eigenvalue weighted by molar-refractivity contribution is 0.145. The lowest BCUT2D eigenvalue weighted by Gasteiger charge is -2.39. The summed E-state index contributed by atoms with van der Waals surface area (Å²) < 4.78 is 7.65. The van der Waals surface area contributed by atoms with E-state index >= 15 is 0 Å². The van der Waals surface area contributed by atoms with E-state index in [0.717, 1.165) is 65.9 Å². The first-order chi connectivity index (χ1) is 16.5. The number of carbonyl (C=O) groups excluding carboxylic acids is 1. The van der Waals surface area contributed by atoms with Crippen molar-refractivity contribution in [2.45, 2.75) is 25.8 Å². The number of likely N-dealkylation sites (tertiary alicyclic amines) is 1. The van der Waals surface area contributed by atoms with Crippen molar-refractivity contribution in [3.05, 3.63) is 71.3 Å². The summed E-state index contributed by atoms with van der Waals surface area (Å²) in [4.78, 5) is 24.0. The number of hydrogen-bond donors (Lipinski definition) is 0. The summed E-state index contributed by atoms with van der Waals surface area (Å²) in [5.74, 6) is 0.802. The van der Waals surface area contributed by atoms with Crippen molar-refractivity contribution >= 4 is 23.3 Å². The van der Waals surface area contributed by atoms with Crippen LogP contribution in [0.3, 0.4) is 0 Å². The molecule has 2 aliphatic heterocycles. The number of aromatic nitrogens is 2. The first kappa shape index (κ1) is 22.6. The lowest BCUT2D eigenvalue weighted by atomic mass is 10.0. The molecular formula is C26H30ClN5O2. The lowest BCUT2D eigenvalue weighted by Crippen LogP contribution is -2.52. The van der Waals surface area contributed by atoms with Crippen LogP contribution in [-0.2, 0) is 0 Å². The fourth-order valence-corrected chi connectivity index (χ4v) is 5.12. The Morgan fingerprint density at radius 3 is 2.50 bits per heavy atom. The van der Waals surface area contributed by atoms with Gasteiger partial charge in [-0.05, 0) is 49.6 Å². The molecule has 2 amide bonds. The summed E-state index contributed by atoms with van der Waals surface area (Å²) in [6.07, 6.45) is 5.81. The number of methoxy groups -OCH3 is 1. The molecule has 5 rings (SSSR count). The average Bonchev–Trinajstić information content (AvgIpc) is 3.53. The maximum absolute atomic E-state index is 13.4. The van der Waals surface area contributed by atoms with E-state index in [9.17, 15) is 4.79 Å². The number of imidazole rings is 1. The minimum Gasteiger partial charge on any atom is -0.494 e. The van der Waals surface area contributed by atoms with Crippen LogP contribution in [0.2, 0.25) is 5.02 Å². The van der Waals surface area contributed by atoms with Crippen LogP contribution in [0.1, 0.15) is 30.1 Å². The Kier molecular flexibility index (Phi) is 6.37. The summed E-state index contributed by atoms with van der Waals surface area (Å²) in [5, 5.41) is 0.723. The number of piperazine rings is 1. The highest BCUT2D eigenvalue weighted by Crippen LogP contribution is 2.34. The van der Waals surface area contributed by atoms with Crippen molar-refractivity contribution in [2.24, 2.45) is 0 Å². The summed E-state index contributed by atoms with van der Waals surface area (Å²) in [6, 6.07) is 14.4. The van der Waals surface area contributed by atoms with Crippen LogP contribution in [0.4, 0.5) is 10.5 Å². The number of carbonyl (C=O) groups is 1. The molecule has 2 saturated heterocycles. The van der Waals surface area contributed by atoms with Crippen molar-refractivity contribution in [1.82, 2.24) is 19.4 Å². The van der Waals surface area contributed by atoms with Gasteiger partial charge < -0.3 is 24.0 Å². The third kappa shape index (κ3) is 4.44. The molecule has 1 atom stereocenters. The van der Waals surface area contributed by atoms with Gasteiger partial charge in [0.15, 0.2) is 0 Å². The Hall–Kier alpha value is -3.19. The molecule has 3 aromatic rings. The monoisotopic (exact) mass is 479 g/mol. The highest BCUT2D eigenvalue weighted by atomic mass is 35.5. The molecule has 0 N–H and O–H groups in total. The Labute approximate surface area is 205 Å². The van der Waals surface area contributed by atoms with Gasteiger partial charge in [-0.3, -0.25) is 0 Å². The molecule has 0 spiro atoms. The second-order valence-corrected chi connectivity index (χ2v) is 9.37.